The van der Waals surface area contributed by atoms with Crippen LogP contribution < -0.4 is 10.6 Å². The molecule has 1 aromatic carbocycles. The fraction of sp³-hybridized carbons (Fsp3) is 0.286. The van der Waals surface area contributed by atoms with Crippen LogP contribution in [-0.2, 0) is 0 Å². The summed E-state index contributed by atoms with van der Waals surface area (Å²) in [5.74, 6) is 0.766. The second-order valence-electron chi connectivity index (χ2n) is 4.06. The molecule has 1 aliphatic rings. The summed E-state index contributed by atoms with van der Waals surface area (Å²) in [6.45, 7) is 1.63. The van der Waals surface area contributed by atoms with Gasteiger partial charge in [-0.1, -0.05) is 30.3 Å². The zero-order chi connectivity index (χ0) is 12.8. The molecule has 0 aromatic heterocycles. The monoisotopic (exact) mass is 241 g/mol. The Kier molecular flexibility index (Phi) is 3.98. The minimum Gasteiger partial charge on any atom is -0.370 e. The third-order valence-corrected chi connectivity index (χ3v) is 2.83. The first-order chi connectivity index (χ1) is 8.83. The maximum atomic E-state index is 12.4. The van der Waals surface area contributed by atoms with Gasteiger partial charge in [0.1, 0.15) is 5.82 Å². The summed E-state index contributed by atoms with van der Waals surface area (Å²) in [7, 11) is 0. The fourth-order valence-electron chi connectivity index (χ4n) is 1.95. The number of benzene rings is 1. The molecule has 1 aliphatic heterocycles. The minimum atomic E-state index is -0.0113. The summed E-state index contributed by atoms with van der Waals surface area (Å²) in [6, 6.07) is 11.2. The standard InChI is InChI=1S/C14H15N3O/c15-8-4-7-12(14-16-9-10-17-14)13(18)11-5-2-1-3-6-11/h1-3,5-6,16-17H,4,7,9-10H2. The Labute approximate surface area is 106 Å². The Morgan fingerprint density at radius 1 is 1.22 bits per heavy atom. The molecule has 1 aromatic rings. The summed E-state index contributed by atoms with van der Waals surface area (Å²) in [6.07, 6.45) is 0.820. The van der Waals surface area contributed by atoms with Crippen molar-refractivity contribution in [1.82, 2.24) is 10.6 Å². The number of nitrogens with zero attached hydrogens (tertiary/aromatic N) is 1. The molecule has 0 aliphatic carbocycles. The number of carbonyl (C=O) groups is 1. The molecule has 0 unspecified atom stereocenters. The molecule has 0 atom stereocenters. The van der Waals surface area contributed by atoms with Crippen molar-refractivity contribution >= 4 is 5.78 Å². The van der Waals surface area contributed by atoms with Crippen molar-refractivity contribution in [3.63, 3.8) is 0 Å². The number of hydrogen-bond donors (Lipinski definition) is 2. The van der Waals surface area contributed by atoms with Gasteiger partial charge in [0.05, 0.1) is 6.07 Å². The Morgan fingerprint density at radius 3 is 2.50 bits per heavy atom. The molecule has 0 saturated carbocycles. The molecule has 92 valence electrons. The number of nitrogens with one attached hydrogen (secondary N) is 2. The van der Waals surface area contributed by atoms with Gasteiger partial charge < -0.3 is 10.6 Å². The highest BCUT2D eigenvalue weighted by Crippen LogP contribution is 2.16. The predicted molar refractivity (Wildman–Crippen MR) is 68.7 cm³/mol. The van der Waals surface area contributed by atoms with Crippen LogP contribution in [0.5, 0.6) is 0 Å². The lowest BCUT2D eigenvalue weighted by Gasteiger charge is -2.09. The molecular weight excluding hydrogens is 226 g/mol. The zero-order valence-corrected chi connectivity index (χ0v) is 10.1. The van der Waals surface area contributed by atoms with E-state index in [4.69, 9.17) is 5.26 Å². The van der Waals surface area contributed by atoms with Crippen LogP contribution in [0, 0.1) is 11.3 Å². The average molecular weight is 241 g/mol. The van der Waals surface area contributed by atoms with Crippen LogP contribution in [0.1, 0.15) is 23.2 Å². The van der Waals surface area contributed by atoms with E-state index in [0.717, 1.165) is 18.9 Å². The average Bonchev–Trinajstić information content (AvgIpc) is 2.94. The molecule has 1 heterocycles. The second-order valence-corrected chi connectivity index (χ2v) is 4.06. The largest absolute Gasteiger partial charge is 0.370 e. The molecule has 4 nitrogen and oxygen atoms in total. The summed E-state index contributed by atoms with van der Waals surface area (Å²) in [5, 5.41) is 15.0. The lowest BCUT2D eigenvalue weighted by Crippen LogP contribution is -2.18. The number of allylic oxidation sites excluding steroid dienone is 1. The van der Waals surface area contributed by atoms with Gasteiger partial charge in [0, 0.05) is 30.6 Å². The SMILES string of the molecule is N#CCCC(C(=O)c1ccccc1)=C1NCCN1. The van der Waals surface area contributed by atoms with Crippen molar-refractivity contribution in [2.24, 2.45) is 0 Å². The summed E-state index contributed by atoms with van der Waals surface area (Å²) in [4.78, 5) is 12.4. The van der Waals surface area contributed by atoms with E-state index in [2.05, 4.69) is 16.7 Å². The molecule has 4 heteroatoms. The van der Waals surface area contributed by atoms with Crippen molar-refractivity contribution in [3.05, 3.63) is 47.3 Å². The van der Waals surface area contributed by atoms with Gasteiger partial charge in [-0.25, -0.2) is 0 Å². The van der Waals surface area contributed by atoms with E-state index in [1.807, 2.05) is 18.2 Å². The topological polar surface area (TPSA) is 64.9 Å². The number of nitriles is 1. The Hall–Kier alpha value is -2.28. The van der Waals surface area contributed by atoms with Gasteiger partial charge in [-0.15, -0.1) is 0 Å². The molecular formula is C14H15N3O. The summed E-state index contributed by atoms with van der Waals surface area (Å²) < 4.78 is 0. The lowest BCUT2D eigenvalue weighted by atomic mass is 9.99. The molecule has 1 saturated heterocycles. The van der Waals surface area contributed by atoms with Crippen LogP contribution in [0.4, 0.5) is 0 Å². The minimum absolute atomic E-state index is 0.0113. The lowest BCUT2D eigenvalue weighted by molar-refractivity contribution is 0.102. The Bertz CT molecular complexity index is 492. The summed E-state index contributed by atoms with van der Waals surface area (Å²) in [5.41, 5.74) is 1.33. The Balaban J connectivity index is 2.27. The maximum absolute atomic E-state index is 12.4. The number of Topliss-reactive ketones (excluding diaryl/α,β-unsaturated/α-hetero) is 1. The fourth-order valence-corrected chi connectivity index (χ4v) is 1.95. The molecule has 18 heavy (non-hydrogen) atoms. The summed E-state index contributed by atoms with van der Waals surface area (Å²) >= 11 is 0. The number of hydrogen-bond acceptors (Lipinski definition) is 4. The van der Waals surface area contributed by atoms with Gasteiger partial charge in [0.15, 0.2) is 5.78 Å². The van der Waals surface area contributed by atoms with Crippen molar-refractivity contribution < 1.29 is 4.79 Å². The Morgan fingerprint density at radius 2 is 1.89 bits per heavy atom. The molecule has 0 spiro atoms. The normalized spacial score (nSPS) is 13.4. The number of rotatable bonds is 4. The highest BCUT2D eigenvalue weighted by atomic mass is 16.1. The first-order valence-corrected chi connectivity index (χ1v) is 6.00. The molecule has 0 radical (unpaired) electrons. The van der Waals surface area contributed by atoms with Crippen LogP contribution in [0.15, 0.2) is 41.7 Å². The molecule has 2 N–H and O–H groups in total. The van der Waals surface area contributed by atoms with E-state index < -0.39 is 0 Å². The number of ketones is 1. The van der Waals surface area contributed by atoms with E-state index in [9.17, 15) is 4.79 Å². The van der Waals surface area contributed by atoms with Crippen molar-refractivity contribution in [2.75, 3.05) is 13.1 Å². The van der Waals surface area contributed by atoms with E-state index in [1.54, 1.807) is 12.1 Å². The molecule has 1 fully saturated rings. The third-order valence-electron chi connectivity index (χ3n) is 2.83. The highest BCUT2D eigenvalue weighted by molar-refractivity contribution is 6.09. The van der Waals surface area contributed by atoms with Crippen LogP contribution in [0.3, 0.4) is 0 Å². The molecule has 0 amide bonds. The van der Waals surface area contributed by atoms with Gasteiger partial charge in [-0.3, -0.25) is 4.79 Å². The van der Waals surface area contributed by atoms with E-state index >= 15 is 0 Å². The van der Waals surface area contributed by atoms with Crippen molar-refractivity contribution in [1.29, 1.82) is 5.26 Å². The first kappa shape index (κ1) is 12.2. The van der Waals surface area contributed by atoms with Crippen LogP contribution >= 0.6 is 0 Å². The van der Waals surface area contributed by atoms with Crippen LogP contribution in [-0.4, -0.2) is 18.9 Å². The zero-order valence-electron chi connectivity index (χ0n) is 10.1. The van der Waals surface area contributed by atoms with Gasteiger partial charge in [-0.05, 0) is 6.42 Å². The van der Waals surface area contributed by atoms with E-state index in [1.165, 1.54) is 0 Å². The van der Waals surface area contributed by atoms with Crippen LogP contribution in [0.25, 0.3) is 0 Å². The van der Waals surface area contributed by atoms with Gasteiger partial charge in [0.2, 0.25) is 0 Å². The molecule has 2 rings (SSSR count). The smallest absolute Gasteiger partial charge is 0.192 e. The first-order valence-electron chi connectivity index (χ1n) is 6.00. The predicted octanol–water partition coefficient (Wildman–Crippen LogP) is 1.58. The van der Waals surface area contributed by atoms with Gasteiger partial charge in [-0.2, -0.15) is 5.26 Å². The quantitative estimate of drug-likeness (QED) is 0.620. The van der Waals surface area contributed by atoms with Gasteiger partial charge >= 0.3 is 0 Å². The number of carbonyl (C=O) groups excluding carboxylic acids is 1. The van der Waals surface area contributed by atoms with Crippen molar-refractivity contribution in [2.45, 2.75) is 12.8 Å². The van der Waals surface area contributed by atoms with Crippen LogP contribution in [0.2, 0.25) is 0 Å². The van der Waals surface area contributed by atoms with E-state index in [-0.39, 0.29) is 5.78 Å². The van der Waals surface area contributed by atoms with E-state index in [0.29, 0.717) is 24.0 Å². The highest BCUT2D eigenvalue weighted by Gasteiger charge is 2.19. The maximum Gasteiger partial charge on any atom is 0.192 e. The second kappa shape index (κ2) is 5.87. The molecule has 0 bridgehead atoms. The third kappa shape index (κ3) is 2.69. The van der Waals surface area contributed by atoms with Crippen molar-refractivity contribution in [3.8, 4) is 6.07 Å². The van der Waals surface area contributed by atoms with Gasteiger partial charge in [0.25, 0.3) is 0 Å².